The Morgan fingerprint density at radius 2 is 1.94 bits per heavy atom. The fourth-order valence-electron chi connectivity index (χ4n) is 2.25. The maximum absolute atomic E-state index is 11.9. The van der Waals surface area contributed by atoms with Crippen LogP contribution in [-0.2, 0) is 4.79 Å². The van der Waals surface area contributed by atoms with Crippen molar-refractivity contribution >= 4 is 5.91 Å². The van der Waals surface area contributed by atoms with Gasteiger partial charge in [0.25, 0.3) is 0 Å². The summed E-state index contributed by atoms with van der Waals surface area (Å²) in [5.74, 6) is 0.236. The van der Waals surface area contributed by atoms with Crippen LogP contribution >= 0.6 is 0 Å². The molecule has 4 heteroatoms. The lowest BCUT2D eigenvalue weighted by Gasteiger charge is -2.24. The average Bonchev–Trinajstić information content (AvgIpc) is 2.79. The van der Waals surface area contributed by atoms with Crippen molar-refractivity contribution in [2.24, 2.45) is 11.7 Å². The van der Waals surface area contributed by atoms with Crippen LogP contribution in [0.5, 0.6) is 0 Å². The van der Waals surface area contributed by atoms with Gasteiger partial charge in [0.1, 0.15) is 0 Å². The second kappa shape index (κ2) is 6.97. The van der Waals surface area contributed by atoms with Crippen molar-refractivity contribution < 1.29 is 4.79 Å². The molecule has 0 aromatic heterocycles. The highest BCUT2D eigenvalue weighted by Gasteiger charge is 2.22. The molecule has 4 nitrogen and oxygen atoms in total. The molecule has 1 amide bonds. The summed E-state index contributed by atoms with van der Waals surface area (Å²) in [6, 6.07) is -0.184. The fraction of sp³-hybridized carbons (Fsp3) is 0.923. The maximum Gasteiger partial charge on any atom is 0.237 e. The number of carbonyl (C=O) groups excluding carboxylic acids is 1. The summed E-state index contributed by atoms with van der Waals surface area (Å²) < 4.78 is 0. The number of hydrogen-bond donors (Lipinski definition) is 2. The monoisotopic (exact) mass is 241 g/mol. The molecule has 1 rings (SSSR count). The summed E-state index contributed by atoms with van der Waals surface area (Å²) in [5, 5.41) is 3.02. The normalized spacial score (nSPS) is 22.1. The van der Waals surface area contributed by atoms with Crippen LogP contribution in [0, 0.1) is 5.92 Å². The predicted octanol–water partition coefficient (Wildman–Crippen LogP) is 0.960. The summed E-state index contributed by atoms with van der Waals surface area (Å²) in [7, 11) is 0. The summed E-state index contributed by atoms with van der Waals surface area (Å²) in [6.45, 7) is 9.41. The van der Waals surface area contributed by atoms with Crippen LogP contribution in [0.3, 0.4) is 0 Å². The van der Waals surface area contributed by atoms with Gasteiger partial charge in [-0.2, -0.15) is 0 Å². The van der Waals surface area contributed by atoms with E-state index in [0.717, 1.165) is 26.1 Å². The highest BCUT2D eigenvalue weighted by Crippen LogP contribution is 2.08. The van der Waals surface area contributed by atoms with E-state index < -0.39 is 0 Å². The number of nitrogens with zero attached hydrogens (tertiary/aromatic N) is 1. The standard InChI is InChI=1S/C13H27N3O/c1-4-10(2)12(14)13(17)15-11(3)9-16-7-5-6-8-16/h10-12H,4-9,14H2,1-3H3,(H,15,17)/t10?,11?,12-/m0/s1. The predicted molar refractivity (Wildman–Crippen MR) is 70.7 cm³/mol. The van der Waals surface area contributed by atoms with Crippen LogP contribution < -0.4 is 11.1 Å². The van der Waals surface area contributed by atoms with Crippen molar-refractivity contribution in [2.75, 3.05) is 19.6 Å². The van der Waals surface area contributed by atoms with Gasteiger partial charge in [0, 0.05) is 12.6 Å². The molecular weight excluding hydrogens is 214 g/mol. The number of likely N-dealkylation sites (tertiary alicyclic amines) is 1. The first-order valence-corrected chi connectivity index (χ1v) is 6.83. The smallest absolute Gasteiger partial charge is 0.237 e. The van der Waals surface area contributed by atoms with Crippen LogP contribution in [0.2, 0.25) is 0 Å². The molecule has 0 radical (unpaired) electrons. The molecule has 0 aliphatic carbocycles. The minimum atomic E-state index is -0.374. The minimum absolute atomic E-state index is 0.00829. The molecule has 1 aliphatic rings. The Bertz CT molecular complexity index is 239. The second-order valence-electron chi connectivity index (χ2n) is 5.33. The molecule has 0 bridgehead atoms. The molecule has 2 unspecified atom stereocenters. The zero-order valence-corrected chi connectivity index (χ0v) is 11.4. The van der Waals surface area contributed by atoms with E-state index in [1.807, 2.05) is 6.92 Å². The first-order valence-electron chi connectivity index (χ1n) is 6.83. The molecule has 1 aliphatic heterocycles. The number of amides is 1. The Kier molecular flexibility index (Phi) is 5.92. The van der Waals surface area contributed by atoms with Crippen molar-refractivity contribution in [3.8, 4) is 0 Å². The number of nitrogens with one attached hydrogen (secondary N) is 1. The van der Waals surface area contributed by atoms with E-state index in [-0.39, 0.29) is 23.9 Å². The van der Waals surface area contributed by atoms with E-state index in [0.29, 0.717) is 0 Å². The molecule has 1 heterocycles. The Labute approximate surface area is 105 Å². The van der Waals surface area contributed by atoms with E-state index in [1.165, 1.54) is 12.8 Å². The van der Waals surface area contributed by atoms with E-state index in [2.05, 4.69) is 24.1 Å². The third kappa shape index (κ3) is 4.64. The summed E-state index contributed by atoms with van der Waals surface area (Å²) in [5.41, 5.74) is 5.90. The lowest BCUT2D eigenvalue weighted by Crippen LogP contribution is -2.50. The Morgan fingerprint density at radius 1 is 1.35 bits per heavy atom. The minimum Gasteiger partial charge on any atom is -0.351 e. The van der Waals surface area contributed by atoms with Gasteiger partial charge in [0.05, 0.1) is 6.04 Å². The van der Waals surface area contributed by atoms with E-state index >= 15 is 0 Å². The molecule has 17 heavy (non-hydrogen) atoms. The van der Waals surface area contributed by atoms with Gasteiger partial charge >= 0.3 is 0 Å². The van der Waals surface area contributed by atoms with Crippen LogP contribution in [0.1, 0.15) is 40.0 Å². The molecule has 3 atom stereocenters. The Hall–Kier alpha value is -0.610. The average molecular weight is 241 g/mol. The zero-order chi connectivity index (χ0) is 12.8. The van der Waals surface area contributed by atoms with Crippen molar-refractivity contribution in [1.82, 2.24) is 10.2 Å². The maximum atomic E-state index is 11.9. The summed E-state index contributed by atoms with van der Waals surface area (Å²) >= 11 is 0. The van der Waals surface area contributed by atoms with Crippen LogP contribution in [0.15, 0.2) is 0 Å². The molecular formula is C13H27N3O. The van der Waals surface area contributed by atoms with Gasteiger partial charge in [0.2, 0.25) is 5.91 Å². The van der Waals surface area contributed by atoms with Crippen LogP contribution in [0.25, 0.3) is 0 Å². The zero-order valence-electron chi connectivity index (χ0n) is 11.4. The molecule has 100 valence electrons. The Balaban J connectivity index is 2.29. The molecule has 0 aromatic carbocycles. The number of carbonyl (C=O) groups is 1. The Morgan fingerprint density at radius 3 is 2.47 bits per heavy atom. The first-order chi connectivity index (χ1) is 8.04. The van der Waals surface area contributed by atoms with Gasteiger partial charge in [-0.05, 0) is 38.8 Å². The summed E-state index contributed by atoms with van der Waals surface area (Å²) in [4.78, 5) is 14.3. The van der Waals surface area contributed by atoms with Gasteiger partial charge in [-0.3, -0.25) is 4.79 Å². The highest BCUT2D eigenvalue weighted by molar-refractivity contribution is 5.82. The van der Waals surface area contributed by atoms with Gasteiger partial charge in [-0.25, -0.2) is 0 Å². The molecule has 3 N–H and O–H groups in total. The number of hydrogen-bond acceptors (Lipinski definition) is 3. The van der Waals surface area contributed by atoms with Crippen molar-refractivity contribution in [2.45, 2.75) is 52.1 Å². The quantitative estimate of drug-likeness (QED) is 0.728. The SMILES string of the molecule is CCC(C)[C@H](N)C(=O)NC(C)CN1CCCC1. The highest BCUT2D eigenvalue weighted by atomic mass is 16.2. The van der Waals surface area contributed by atoms with Gasteiger partial charge < -0.3 is 16.0 Å². The fourth-order valence-corrected chi connectivity index (χ4v) is 2.25. The van der Waals surface area contributed by atoms with E-state index in [4.69, 9.17) is 5.73 Å². The number of rotatable bonds is 6. The van der Waals surface area contributed by atoms with Crippen molar-refractivity contribution in [3.05, 3.63) is 0 Å². The van der Waals surface area contributed by atoms with Gasteiger partial charge in [0.15, 0.2) is 0 Å². The first kappa shape index (κ1) is 14.5. The van der Waals surface area contributed by atoms with Crippen LogP contribution in [0.4, 0.5) is 0 Å². The molecule has 0 spiro atoms. The van der Waals surface area contributed by atoms with E-state index in [9.17, 15) is 4.79 Å². The lowest BCUT2D eigenvalue weighted by atomic mass is 9.99. The molecule has 1 fully saturated rings. The van der Waals surface area contributed by atoms with Gasteiger partial charge in [-0.15, -0.1) is 0 Å². The molecule has 1 saturated heterocycles. The van der Waals surface area contributed by atoms with Crippen LogP contribution in [-0.4, -0.2) is 42.5 Å². The molecule has 0 aromatic rings. The summed E-state index contributed by atoms with van der Waals surface area (Å²) in [6.07, 6.45) is 3.51. The third-order valence-corrected chi connectivity index (χ3v) is 3.68. The number of nitrogens with two attached hydrogens (primary N) is 1. The largest absolute Gasteiger partial charge is 0.351 e. The second-order valence-corrected chi connectivity index (χ2v) is 5.33. The molecule has 0 saturated carbocycles. The third-order valence-electron chi connectivity index (χ3n) is 3.68. The van der Waals surface area contributed by atoms with Gasteiger partial charge in [-0.1, -0.05) is 20.3 Å². The lowest BCUT2D eigenvalue weighted by molar-refractivity contribution is -0.124. The topological polar surface area (TPSA) is 58.4 Å². The van der Waals surface area contributed by atoms with Crippen molar-refractivity contribution in [3.63, 3.8) is 0 Å². The van der Waals surface area contributed by atoms with Crippen molar-refractivity contribution in [1.29, 1.82) is 0 Å². The van der Waals surface area contributed by atoms with E-state index in [1.54, 1.807) is 0 Å².